The zero-order valence-corrected chi connectivity index (χ0v) is 8.07. The number of nitrogens with one attached hydrogen (secondary N) is 1. The Morgan fingerprint density at radius 1 is 1.54 bits per heavy atom. The molecule has 0 aliphatic heterocycles. The molecule has 0 saturated carbocycles. The summed E-state index contributed by atoms with van der Waals surface area (Å²) in [6, 6.07) is 0. The van der Waals surface area contributed by atoms with E-state index in [0.717, 1.165) is 6.08 Å². The van der Waals surface area contributed by atoms with Gasteiger partial charge >= 0.3 is 0 Å². The summed E-state index contributed by atoms with van der Waals surface area (Å²) in [5, 5.41) is 2.40. The van der Waals surface area contributed by atoms with E-state index >= 15 is 0 Å². The smallest absolute Gasteiger partial charge is 0.245 e. The zero-order chi connectivity index (χ0) is 10.3. The fourth-order valence-corrected chi connectivity index (χ4v) is 0.473. The van der Waals surface area contributed by atoms with Gasteiger partial charge in [0, 0.05) is 0 Å². The quantitative estimate of drug-likeness (QED) is 0.272. The van der Waals surface area contributed by atoms with Gasteiger partial charge in [-0.05, 0) is 6.08 Å². The lowest BCUT2D eigenvalue weighted by Gasteiger charge is -2.21. The molecular formula is C7H15N2O4+. The molecule has 0 atom stereocenters. The minimum atomic E-state index is -0.503. The molecule has 13 heavy (non-hydrogen) atoms. The van der Waals surface area contributed by atoms with Crippen molar-refractivity contribution in [2.24, 2.45) is 0 Å². The molecule has 0 spiro atoms. The maximum Gasteiger partial charge on any atom is 0.245 e. The largest absolute Gasteiger partial charge is 0.324 e. The molecule has 0 aromatic heterocycles. The molecule has 1 amide bonds. The Morgan fingerprint density at radius 2 is 2.08 bits per heavy atom. The number of hydrogen-bond donors (Lipinski definition) is 1. The Morgan fingerprint density at radius 3 is 2.46 bits per heavy atom. The minimum Gasteiger partial charge on any atom is -0.324 e. The molecule has 0 fully saturated rings. The number of amides is 1. The number of nitrogens with zero attached hydrogens (tertiary/aromatic N) is 1. The predicted molar refractivity (Wildman–Crippen MR) is 44.5 cm³/mol. The van der Waals surface area contributed by atoms with Crippen LogP contribution in [0.15, 0.2) is 12.7 Å². The molecule has 0 radical (unpaired) electrons. The number of hydrogen-bond acceptors (Lipinski definition) is 4. The van der Waals surface area contributed by atoms with Crippen molar-refractivity contribution in [1.82, 2.24) is 5.32 Å². The first-order valence-electron chi connectivity index (χ1n) is 3.60. The predicted octanol–water partition coefficient (Wildman–Crippen LogP) is -0.253. The van der Waals surface area contributed by atoms with E-state index in [9.17, 15) is 4.79 Å². The Bertz CT molecular complexity index is 179. The van der Waals surface area contributed by atoms with Gasteiger partial charge in [-0.3, -0.25) is 4.79 Å². The molecule has 0 rings (SSSR count). The molecule has 0 bridgehead atoms. The normalized spacial score (nSPS) is 11.0. The van der Waals surface area contributed by atoms with E-state index in [4.69, 9.17) is 14.5 Å². The molecule has 0 aromatic rings. The van der Waals surface area contributed by atoms with Gasteiger partial charge in [-0.1, -0.05) is 6.58 Å². The molecule has 0 aliphatic carbocycles. The third-order valence-corrected chi connectivity index (χ3v) is 1.39. The lowest BCUT2D eigenvalue weighted by Crippen LogP contribution is -2.44. The molecule has 0 aromatic carbocycles. The molecule has 0 aliphatic rings. The van der Waals surface area contributed by atoms with Gasteiger partial charge < -0.3 is 5.32 Å². The highest BCUT2D eigenvalue weighted by Crippen LogP contribution is 2.02. The summed E-state index contributed by atoms with van der Waals surface area (Å²) in [5.74, 6) is -0.321. The van der Waals surface area contributed by atoms with Crippen molar-refractivity contribution in [3.63, 3.8) is 0 Å². The van der Waals surface area contributed by atoms with Crippen LogP contribution < -0.4 is 5.32 Å². The maximum absolute atomic E-state index is 10.7. The van der Waals surface area contributed by atoms with Crippen molar-refractivity contribution in [2.45, 2.75) is 0 Å². The summed E-state index contributed by atoms with van der Waals surface area (Å²) in [6.07, 6.45) is 1.15. The lowest BCUT2D eigenvalue weighted by molar-refractivity contribution is -1.35. The molecule has 0 unspecified atom stereocenters. The van der Waals surface area contributed by atoms with Gasteiger partial charge in [0.05, 0.1) is 4.97 Å². The summed E-state index contributed by atoms with van der Waals surface area (Å²) in [6.45, 7) is 3.26. The van der Waals surface area contributed by atoms with Crippen molar-refractivity contribution in [3.8, 4) is 0 Å². The van der Waals surface area contributed by atoms with Crippen LogP contribution >= 0.6 is 0 Å². The van der Waals surface area contributed by atoms with Crippen molar-refractivity contribution in [1.29, 1.82) is 0 Å². The highest BCUT2D eigenvalue weighted by atomic mass is 17.2. The van der Waals surface area contributed by atoms with Crippen LogP contribution in [0.4, 0.5) is 0 Å². The maximum atomic E-state index is 10.7. The van der Waals surface area contributed by atoms with Gasteiger partial charge in [-0.25, -0.2) is 0 Å². The van der Waals surface area contributed by atoms with Gasteiger partial charge in [0.2, 0.25) is 5.91 Å². The van der Waals surface area contributed by atoms with Crippen molar-refractivity contribution in [2.75, 3.05) is 28.0 Å². The van der Waals surface area contributed by atoms with Crippen molar-refractivity contribution in [3.05, 3.63) is 12.7 Å². The summed E-state index contributed by atoms with van der Waals surface area (Å²) in [4.78, 5) is 24.8. The molecular weight excluding hydrogens is 176 g/mol. The highest BCUT2D eigenvalue weighted by Gasteiger charge is 2.24. The molecule has 6 heteroatoms. The number of carbonyl (C=O) groups excluding carboxylic acids is 1. The van der Waals surface area contributed by atoms with E-state index in [1.54, 1.807) is 0 Å². The first-order chi connectivity index (χ1) is 6.08. The molecule has 0 saturated heterocycles. The number of hydroxylamine groups is 3. The monoisotopic (exact) mass is 191 g/mol. The topological polar surface area (TPSA) is 56.8 Å². The fourth-order valence-electron chi connectivity index (χ4n) is 0.473. The van der Waals surface area contributed by atoms with Gasteiger partial charge in [0.15, 0.2) is 13.8 Å². The van der Waals surface area contributed by atoms with E-state index in [0.29, 0.717) is 0 Å². The second kappa shape index (κ2) is 5.65. The van der Waals surface area contributed by atoms with Gasteiger partial charge in [0.1, 0.15) is 14.2 Å². The second-order valence-electron chi connectivity index (χ2n) is 2.16. The summed E-state index contributed by atoms with van der Waals surface area (Å²) < 4.78 is 0. The standard InChI is InChI=1S/C7H14N2O4/c1-5-7(10)8-6-13-9(2,11-3)12-4/h5H,1,6H2,2-4H3/p+1. The van der Waals surface area contributed by atoms with Crippen molar-refractivity contribution < 1.29 is 24.3 Å². The third kappa shape index (κ3) is 4.58. The number of quaternary nitrogens is 1. The molecule has 1 N–H and O–H groups in total. The minimum absolute atomic E-state index is 0.0248. The Labute approximate surface area is 77.1 Å². The van der Waals surface area contributed by atoms with E-state index in [-0.39, 0.29) is 12.6 Å². The summed E-state index contributed by atoms with van der Waals surface area (Å²) in [5.41, 5.74) is 0. The van der Waals surface area contributed by atoms with Crippen LogP contribution in [0.25, 0.3) is 0 Å². The van der Waals surface area contributed by atoms with E-state index in [1.165, 1.54) is 21.3 Å². The van der Waals surface area contributed by atoms with Crippen LogP contribution in [0.5, 0.6) is 0 Å². The first-order valence-corrected chi connectivity index (χ1v) is 3.60. The molecule has 0 heterocycles. The Balaban J connectivity index is 3.73. The Kier molecular flexibility index (Phi) is 5.24. The van der Waals surface area contributed by atoms with E-state index in [2.05, 4.69) is 11.9 Å². The average molecular weight is 191 g/mol. The van der Waals surface area contributed by atoms with E-state index < -0.39 is 4.97 Å². The fraction of sp³-hybridized carbons (Fsp3) is 0.571. The molecule has 76 valence electrons. The zero-order valence-electron chi connectivity index (χ0n) is 8.07. The summed E-state index contributed by atoms with van der Waals surface area (Å²) in [7, 11) is 4.36. The highest BCUT2D eigenvalue weighted by molar-refractivity contribution is 5.86. The van der Waals surface area contributed by atoms with Crippen LogP contribution in [0.1, 0.15) is 0 Å². The van der Waals surface area contributed by atoms with Crippen LogP contribution in [0, 0.1) is 0 Å². The van der Waals surface area contributed by atoms with Crippen LogP contribution in [-0.2, 0) is 19.3 Å². The van der Waals surface area contributed by atoms with E-state index in [1.807, 2.05) is 0 Å². The van der Waals surface area contributed by atoms with Crippen LogP contribution in [0.2, 0.25) is 0 Å². The lowest BCUT2D eigenvalue weighted by atomic mass is 10.6. The first kappa shape index (κ1) is 12.0. The van der Waals surface area contributed by atoms with Gasteiger partial charge in [-0.2, -0.15) is 0 Å². The number of rotatable bonds is 6. The molecule has 6 nitrogen and oxygen atoms in total. The Hall–Kier alpha value is -0.950. The van der Waals surface area contributed by atoms with Gasteiger partial charge in [-0.15, -0.1) is 14.5 Å². The van der Waals surface area contributed by atoms with Crippen molar-refractivity contribution >= 4 is 5.91 Å². The summed E-state index contributed by atoms with van der Waals surface area (Å²) >= 11 is 0. The third-order valence-electron chi connectivity index (χ3n) is 1.39. The second-order valence-corrected chi connectivity index (χ2v) is 2.16. The SMILES string of the molecule is C=CC(=O)NCO[N+](C)(OC)OC. The van der Waals surface area contributed by atoms with Crippen LogP contribution in [0.3, 0.4) is 0 Å². The van der Waals surface area contributed by atoms with Gasteiger partial charge in [0.25, 0.3) is 0 Å². The average Bonchev–Trinajstić information content (AvgIpc) is 2.17. The number of carbonyl (C=O) groups is 1. The van der Waals surface area contributed by atoms with Crippen LogP contribution in [-0.4, -0.2) is 38.9 Å².